The smallest absolute Gasteiger partial charge is 0.223 e. The van der Waals surface area contributed by atoms with Crippen molar-refractivity contribution in [3.8, 4) is 0 Å². The van der Waals surface area contributed by atoms with Gasteiger partial charge in [0, 0.05) is 17.5 Å². The number of hydrogen-bond acceptors (Lipinski definition) is 2. The molecule has 0 unspecified atom stereocenters. The van der Waals surface area contributed by atoms with Crippen LogP contribution in [-0.4, -0.2) is 23.9 Å². The Kier molecular flexibility index (Phi) is 6.56. The molecule has 2 aliphatic rings. The van der Waals surface area contributed by atoms with Gasteiger partial charge in [-0.2, -0.15) is 0 Å². The lowest BCUT2D eigenvalue weighted by Crippen LogP contribution is -2.40. The molecule has 1 heterocycles. The van der Waals surface area contributed by atoms with Crippen molar-refractivity contribution in [1.82, 2.24) is 10.2 Å². The number of amides is 1. The number of nitrogens with one attached hydrogen (secondary N) is 1. The van der Waals surface area contributed by atoms with Crippen LogP contribution in [0.1, 0.15) is 60.9 Å². The minimum Gasteiger partial charge on any atom is -0.349 e. The van der Waals surface area contributed by atoms with Crippen LogP contribution in [-0.2, 0) is 24.2 Å². The summed E-state index contributed by atoms with van der Waals surface area (Å²) in [6.07, 6.45) is 6.81. The van der Waals surface area contributed by atoms with E-state index in [1.807, 2.05) is 12.1 Å². The van der Waals surface area contributed by atoms with E-state index in [4.69, 9.17) is 11.6 Å². The third kappa shape index (κ3) is 5.21. The summed E-state index contributed by atoms with van der Waals surface area (Å²) in [4.78, 5) is 15.3. The number of hydrogen-bond donors (Lipinski definition) is 1. The Bertz CT molecular complexity index is 840. The van der Waals surface area contributed by atoms with Crippen molar-refractivity contribution in [3.05, 3.63) is 69.7 Å². The van der Waals surface area contributed by atoms with Crippen LogP contribution in [0, 0.1) is 5.92 Å². The Hall–Kier alpha value is -1.84. The van der Waals surface area contributed by atoms with Crippen LogP contribution < -0.4 is 5.32 Å². The second-order valence-electron chi connectivity index (χ2n) is 8.64. The van der Waals surface area contributed by atoms with Crippen molar-refractivity contribution >= 4 is 17.5 Å². The zero-order chi connectivity index (χ0) is 20.2. The molecule has 2 aromatic carbocycles. The van der Waals surface area contributed by atoms with Gasteiger partial charge in [-0.15, -0.1) is 0 Å². The molecule has 4 rings (SSSR count). The minimum atomic E-state index is 0.0711. The van der Waals surface area contributed by atoms with Gasteiger partial charge in [0.2, 0.25) is 5.91 Å². The summed E-state index contributed by atoms with van der Waals surface area (Å²) < 4.78 is 0. The van der Waals surface area contributed by atoms with Crippen LogP contribution in [0.25, 0.3) is 0 Å². The molecule has 154 valence electrons. The van der Waals surface area contributed by atoms with Crippen LogP contribution in [0.5, 0.6) is 0 Å². The first kappa shape index (κ1) is 20.4. The van der Waals surface area contributed by atoms with E-state index in [9.17, 15) is 4.79 Å². The number of fused-ring (bicyclic) bond motifs is 1. The van der Waals surface area contributed by atoms with Crippen molar-refractivity contribution in [2.24, 2.45) is 5.92 Å². The fourth-order valence-corrected chi connectivity index (χ4v) is 4.76. The predicted molar refractivity (Wildman–Crippen MR) is 119 cm³/mol. The van der Waals surface area contributed by atoms with Crippen LogP contribution in [0.15, 0.2) is 42.5 Å². The second kappa shape index (κ2) is 9.32. The first-order valence-electron chi connectivity index (χ1n) is 11.0. The summed E-state index contributed by atoms with van der Waals surface area (Å²) in [5.41, 5.74) is 5.48. The number of aryl methyl sites for hydroxylation is 2. The maximum absolute atomic E-state index is 12.8. The van der Waals surface area contributed by atoms with Crippen molar-refractivity contribution < 1.29 is 4.79 Å². The van der Waals surface area contributed by atoms with Gasteiger partial charge in [0.15, 0.2) is 0 Å². The van der Waals surface area contributed by atoms with Gasteiger partial charge < -0.3 is 5.32 Å². The summed E-state index contributed by atoms with van der Waals surface area (Å²) in [6.45, 7) is 4.97. The number of carbonyl (C=O) groups excluding carboxylic acids is 1. The van der Waals surface area contributed by atoms with E-state index in [2.05, 4.69) is 47.5 Å². The summed E-state index contributed by atoms with van der Waals surface area (Å²) in [5.74, 6) is 0.331. The third-order valence-electron chi connectivity index (χ3n) is 6.51. The highest BCUT2D eigenvalue weighted by Crippen LogP contribution is 2.26. The SMILES string of the molecule is C[C@@H](NC(=O)C1CCN(Cc2ccc(Cl)cc2)CC1)c1ccc2c(c1)CCCC2. The molecule has 0 bridgehead atoms. The maximum Gasteiger partial charge on any atom is 0.223 e. The zero-order valence-electron chi connectivity index (χ0n) is 17.3. The fourth-order valence-electron chi connectivity index (χ4n) is 4.64. The number of piperidine rings is 1. The van der Waals surface area contributed by atoms with Crippen LogP contribution in [0.3, 0.4) is 0 Å². The molecule has 29 heavy (non-hydrogen) atoms. The van der Waals surface area contributed by atoms with Gasteiger partial charge in [-0.3, -0.25) is 9.69 Å². The number of likely N-dealkylation sites (tertiary alicyclic amines) is 1. The number of nitrogens with zero attached hydrogens (tertiary/aromatic N) is 1. The number of rotatable bonds is 5. The molecule has 0 saturated carbocycles. The Morgan fingerprint density at radius 3 is 2.48 bits per heavy atom. The molecule has 1 aliphatic carbocycles. The normalized spacial score (nSPS) is 18.8. The Morgan fingerprint density at radius 1 is 1.07 bits per heavy atom. The van der Waals surface area contributed by atoms with Crippen molar-refractivity contribution in [3.63, 3.8) is 0 Å². The Labute approximate surface area is 179 Å². The lowest BCUT2D eigenvalue weighted by atomic mass is 9.89. The molecule has 1 amide bonds. The highest BCUT2D eigenvalue weighted by molar-refractivity contribution is 6.30. The summed E-state index contributed by atoms with van der Waals surface area (Å²) in [5, 5.41) is 4.05. The average Bonchev–Trinajstić information content (AvgIpc) is 2.75. The monoisotopic (exact) mass is 410 g/mol. The van der Waals surface area contributed by atoms with Crippen molar-refractivity contribution in [2.75, 3.05) is 13.1 Å². The summed E-state index contributed by atoms with van der Waals surface area (Å²) in [6, 6.07) is 14.9. The molecule has 4 heteroatoms. The first-order valence-corrected chi connectivity index (χ1v) is 11.3. The van der Waals surface area contributed by atoms with E-state index in [0.29, 0.717) is 0 Å². The van der Waals surface area contributed by atoms with Gasteiger partial charge in [0.1, 0.15) is 0 Å². The molecular weight excluding hydrogens is 380 g/mol. The summed E-state index contributed by atoms with van der Waals surface area (Å²) >= 11 is 5.97. The predicted octanol–water partition coefficient (Wildman–Crippen LogP) is 5.31. The topological polar surface area (TPSA) is 32.3 Å². The number of halogens is 1. The summed E-state index contributed by atoms with van der Waals surface area (Å²) in [7, 11) is 0. The molecule has 1 fully saturated rings. The van der Waals surface area contributed by atoms with E-state index >= 15 is 0 Å². The zero-order valence-corrected chi connectivity index (χ0v) is 18.0. The number of carbonyl (C=O) groups is 1. The highest BCUT2D eigenvalue weighted by Gasteiger charge is 2.26. The molecule has 0 aromatic heterocycles. The minimum absolute atomic E-state index is 0.0711. The van der Waals surface area contributed by atoms with E-state index in [1.165, 1.54) is 47.9 Å². The van der Waals surface area contributed by atoms with E-state index in [0.717, 1.165) is 37.5 Å². The van der Waals surface area contributed by atoms with Gasteiger partial charge in [0.05, 0.1) is 6.04 Å². The standard InChI is InChI=1S/C25H31ClN2O/c1-18(22-9-8-20-4-2-3-5-23(20)16-22)27-25(29)21-12-14-28(15-13-21)17-19-6-10-24(26)11-7-19/h6-11,16,18,21H,2-5,12-15,17H2,1H3,(H,27,29)/t18-/m1/s1. The lowest BCUT2D eigenvalue weighted by Gasteiger charge is -2.32. The molecule has 2 aromatic rings. The lowest BCUT2D eigenvalue weighted by molar-refractivity contribution is -0.127. The molecule has 1 N–H and O–H groups in total. The van der Waals surface area contributed by atoms with Crippen LogP contribution >= 0.6 is 11.6 Å². The quantitative estimate of drug-likeness (QED) is 0.724. The maximum atomic E-state index is 12.8. The Morgan fingerprint density at radius 2 is 1.76 bits per heavy atom. The van der Waals surface area contributed by atoms with Gasteiger partial charge in [-0.1, -0.05) is 41.9 Å². The second-order valence-corrected chi connectivity index (χ2v) is 9.08. The first-order chi connectivity index (χ1) is 14.1. The number of benzene rings is 2. The van der Waals surface area contributed by atoms with Gasteiger partial charge >= 0.3 is 0 Å². The molecule has 0 radical (unpaired) electrons. The van der Waals surface area contributed by atoms with Gasteiger partial charge in [0.25, 0.3) is 0 Å². The average molecular weight is 411 g/mol. The molecule has 1 atom stereocenters. The molecule has 1 saturated heterocycles. The molecular formula is C25H31ClN2O. The van der Waals surface area contributed by atoms with E-state index in [-0.39, 0.29) is 17.9 Å². The van der Waals surface area contributed by atoms with Crippen LogP contribution in [0.2, 0.25) is 5.02 Å². The third-order valence-corrected chi connectivity index (χ3v) is 6.76. The molecule has 1 aliphatic heterocycles. The molecule has 3 nitrogen and oxygen atoms in total. The fraction of sp³-hybridized carbons (Fsp3) is 0.480. The highest BCUT2D eigenvalue weighted by atomic mass is 35.5. The van der Waals surface area contributed by atoms with E-state index < -0.39 is 0 Å². The van der Waals surface area contributed by atoms with E-state index in [1.54, 1.807) is 0 Å². The van der Waals surface area contributed by atoms with Crippen molar-refractivity contribution in [2.45, 2.75) is 58.0 Å². The van der Waals surface area contributed by atoms with Gasteiger partial charge in [-0.25, -0.2) is 0 Å². The van der Waals surface area contributed by atoms with Crippen LogP contribution in [0.4, 0.5) is 0 Å². The van der Waals surface area contributed by atoms with Gasteiger partial charge in [-0.05, 0) is 92.9 Å². The largest absolute Gasteiger partial charge is 0.349 e. The van der Waals surface area contributed by atoms with Crippen molar-refractivity contribution in [1.29, 1.82) is 0 Å². The molecule has 0 spiro atoms. The Balaban J connectivity index is 1.27.